The Morgan fingerprint density at radius 1 is 1.11 bits per heavy atom. The molecular formula is C13H11N3O2. The second kappa shape index (κ2) is 3.53. The van der Waals surface area contributed by atoms with E-state index < -0.39 is 0 Å². The quantitative estimate of drug-likeness (QED) is 0.687. The number of hydrogen-bond acceptors (Lipinski definition) is 3. The molecule has 0 saturated carbocycles. The lowest BCUT2D eigenvalue weighted by atomic mass is 10.2. The molecule has 0 fully saturated rings. The van der Waals surface area contributed by atoms with Crippen LogP contribution in [0.5, 0.6) is 11.5 Å². The summed E-state index contributed by atoms with van der Waals surface area (Å²) in [5.74, 6) is 2.30. The van der Waals surface area contributed by atoms with Crippen LogP contribution in [-0.4, -0.2) is 28.2 Å². The monoisotopic (exact) mass is 241 g/mol. The van der Waals surface area contributed by atoms with Gasteiger partial charge in [-0.1, -0.05) is 0 Å². The summed E-state index contributed by atoms with van der Waals surface area (Å²) < 4.78 is 11.2. The number of nitrogens with zero attached hydrogens (tertiary/aromatic N) is 1. The summed E-state index contributed by atoms with van der Waals surface area (Å²) >= 11 is 0. The van der Waals surface area contributed by atoms with Gasteiger partial charge in [0.25, 0.3) is 0 Å². The van der Waals surface area contributed by atoms with Gasteiger partial charge in [0.05, 0.1) is 11.2 Å². The third-order valence-electron chi connectivity index (χ3n) is 3.01. The largest absolute Gasteiger partial charge is 0.486 e. The number of H-pyrrole nitrogens is 2. The molecule has 3 heterocycles. The lowest BCUT2D eigenvalue weighted by Gasteiger charge is -2.17. The molecule has 5 heteroatoms. The highest BCUT2D eigenvalue weighted by Gasteiger charge is 2.18. The first-order valence-electron chi connectivity index (χ1n) is 5.84. The van der Waals surface area contributed by atoms with E-state index in [1.165, 1.54) is 0 Å². The number of aromatic amines is 2. The van der Waals surface area contributed by atoms with Crippen molar-refractivity contribution in [3.8, 4) is 23.0 Å². The zero-order chi connectivity index (χ0) is 11.9. The molecule has 2 N–H and O–H groups in total. The van der Waals surface area contributed by atoms with Crippen molar-refractivity contribution in [2.24, 2.45) is 0 Å². The molecule has 1 aliphatic rings. The zero-order valence-electron chi connectivity index (χ0n) is 9.56. The number of fused-ring (bicyclic) bond motifs is 3. The van der Waals surface area contributed by atoms with Crippen molar-refractivity contribution < 1.29 is 9.47 Å². The minimum absolute atomic E-state index is 0.566. The first-order chi connectivity index (χ1) is 8.92. The van der Waals surface area contributed by atoms with E-state index in [0.717, 1.165) is 34.1 Å². The molecule has 5 nitrogen and oxygen atoms in total. The van der Waals surface area contributed by atoms with Gasteiger partial charge in [-0.25, -0.2) is 4.98 Å². The van der Waals surface area contributed by atoms with Gasteiger partial charge in [-0.15, -0.1) is 0 Å². The topological polar surface area (TPSA) is 62.9 Å². The van der Waals surface area contributed by atoms with E-state index in [2.05, 4.69) is 15.0 Å². The first kappa shape index (κ1) is 9.58. The molecule has 0 unspecified atom stereocenters. The average Bonchev–Trinajstić information content (AvgIpc) is 3.07. The standard InChI is InChI=1S/C13H11N3O2/c1-2-9(14-5-1)13-15-8-3-4-10-12(11(8)16-13)18-7-6-17-10/h1-5,14H,6-7H2,(H,15,16). The van der Waals surface area contributed by atoms with Gasteiger partial charge >= 0.3 is 0 Å². The molecule has 3 aromatic rings. The normalized spacial score (nSPS) is 14.0. The Kier molecular flexibility index (Phi) is 1.88. The van der Waals surface area contributed by atoms with Crippen LogP contribution in [0.1, 0.15) is 0 Å². The number of rotatable bonds is 1. The second-order valence-corrected chi connectivity index (χ2v) is 4.16. The van der Waals surface area contributed by atoms with Gasteiger partial charge < -0.3 is 19.4 Å². The van der Waals surface area contributed by atoms with Crippen molar-refractivity contribution in [2.75, 3.05) is 13.2 Å². The molecule has 0 bridgehead atoms. The van der Waals surface area contributed by atoms with Crippen LogP contribution in [0, 0.1) is 0 Å². The number of benzene rings is 1. The van der Waals surface area contributed by atoms with Gasteiger partial charge in [-0.2, -0.15) is 0 Å². The Morgan fingerprint density at radius 2 is 2.06 bits per heavy atom. The van der Waals surface area contributed by atoms with Crippen molar-refractivity contribution in [3.05, 3.63) is 30.5 Å². The number of nitrogens with one attached hydrogen (secondary N) is 2. The van der Waals surface area contributed by atoms with Crippen LogP contribution in [0.3, 0.4) is 0 Å². The van der Waals surface area contributed by atoms with Gasteiger partial charge in [0, 0.05) is 6.20 Å². The minimum Gasteiger partial charge on any atom is -0.486 e. The molecule has 0 spiro atoms. The van der Waals surface area contributed by atoms with E-state index in [1.807, 2.05) is 30.5 Å². The van der Waals surface area contributed by atoms with Crippen LogP contribution >= 0.6 is 0 Å². The average molecular weight is 241 g/mol. The number of ether oxygens (including phenoxy) is 2. The molecule has 1 aliphatic heterocycles. The van der Waals surface area contributed by atoms with Crippen molar-refractivity contribution in [1.29, 1.82) is 0 Å². The van der Waals surface area contributed by atoms with Crippen molar-refractivity contribution >= 4 is 11.0 Å². The Balaban J connectivity index is 1.95. The van der Waals surface area contributed by atoms with Crippen LogP contribution in [0.25, 0.3) is 22.6 Å². The van der Waals surface area contributed by atoms with Crippen LogP contribution in [-0.2, 0) is 0 Å². The van der Waals surface area contributed by atoms with E-state index in [1.54, 1.807) is 0 Å². The third kappa shape index (κ3) is 1.30. The fraction of sp³-hybridized carbons (Fsp3) is 0.154. The predicted molar refractivity (Wildman–Crippen MR) is 66.9 cm³/mol. The molecule has 1 aromatic carbocycles. The lowest BCUT2D eigenvalue weighted by Crippen LogP contribution is -2.15. The zero-order valence-corrected chi connectivity index (χ0v) is 9.56. The summed E-state index contributed by atoms with van der Waals surface area (Å²) in [6, 6.07) is 7.79. The number of hydrogen-bond donors (Lipinski definition) is 2. The highest BCUT2D eigenvalue weighted by molar-refractivity contribution is 5.87. The van der Waals surface area contributed by atoms with Crippen LogP contribution < -0.4 is 9.47 Å². The molecule has 4 rings (SSSR count). The van der Waals surface area contributed by atoms with Gasteiger partial charge in [0.2, 0.25) is 0 Å². The molecule has 18 heavy (non-hydrogen) atoms. The second-order valence-electron chi connectivity index (χ2n) is 4.16. The van der Waals surface area contributed by atoms with Crippen LogP contribution in [0.2, 0.25) is 0 Å². The molecular weight excluding hydrogens is 230 g/mol. The van der Waals surface area contributed by atoms with Crippen molar-refractivity contribution in [1.82, 2.24) is 15.0 Å². The van der Waals surface area contributed by atoms with Gasteiger partial charge in [-0.05, 0) is 24.3 Å². The summed E-state index contributed by atoms with van der Waals surface area (Å²) in [5, 5.41) is 0. The van der Waals surface area contributed by atoms with Gasteiger partial charge in [-0.3, -0.25) is 0 Å². The van der Waals surface area contributed by atoms with Gasteiger partial charge in [0.1, 0.15) is 18.7 Å². The summed E-state index contributed by atoms with van der Waals surface area (Å²) in [6.07, 6.45) is 1.87. The maximum Gasteiger partial charge on any atom is 0.189 e. The Hall–Kier alpha value is -2.43. The molecule has 90 valence electrons. The minimum atomic E-state index is 0.566. The summed E-state index contributed by atoms with van der Waals surface area (Å²) in [4.78, 5) is 11.0. The van der Waals surface area contributed by atoms with E-state index in [4.69, 9.17) is 9.47 Å². The van der Waals surface area contributed by atoms with Crippen molar-refractivity contribution in [3.63, 3.8) is 0 Å². The molecule has 0 radical (unpaired) electrons. The highest BCUT2D eigenvalue weighted by Crippen LogP contribution is 2.37. The smallest absolute Gasteiger partial charge is 0.189 e. The van der Waals surface area contributed by atoms with Crippen LogP contribution in [0.15, 0.2) is 30.5 Å². The maximum absolute atomic E-state index is 5.65. The van der Waals surface area contributed by atoms with Gasteiger partial charge in [0.15, 0.2) is 17.3 Å². The molecule has 0 aliphatic carbocycles. The lowest BCUT2D eigenvalue weighted by molar-refractivity contribution is 0.173. The molecule has 0 saturated heterocycles. The van der Waals surface area contributed by atoms with E-state index >= 15 is 0 Å². The summed E-state index contributed by atoms with van der Waals surface area (Å²) in [6.45, 7) is 1.16. The summed E-state index contributed by atoms with van der Waals surface area (Å²) in [7, 11) is 0. The molecule has 0 atom stereocenters. The summed E-state index contributed by atoms with van der Waals surface area (Å²) in [5.41, 5.74) is 2.72. The Bertz CT molecular complexity index is 700. The van der Waals surface area contributed by atoms with E-state index in [0.29, 0.717) is 13.2 Å². The fourth-order valence-corrected chi connectivity index (χ4v) is 2.19. The molecule has 2 aromatic heterocycles. The van der Waals surface area contributed by atoms with E-state index in [9.17, 15) is 0 Å². The number of imidazole rings is 1. The maximum atomic E-state index is 5.65. The molecule has 0 amide bonds. The number of aromatic nitrogens is 3. The first-order valence-corrected chi connectivity index (χ1v) is 5.84. The predicted octanol–water partition coefficient (Wildman–Crippen LogP) is 2.33. The Morgan fingerprint density at radius 3 is 2.94 bits per heavy atom. The third-order valence-corrected chi connectivity index (χ3v) is 3.01. The highest BCUT2D eigenvalue weighted by atomic mass is 16.6. The SMILES string of the molecule is c1c[nH]c(-c2nc3c4c(ccc3[nH]2)OCCO4)c1. The van der Waals surface area contributed by atoms with Crippen LogP contribution in [0.4, 0.5) is 0 Å². The Labute approximate surface area is 103 Å². The fourth-order valence-electron chi connectivity index (χ4n) is 2.19. The van der Waals surface area contributed by atoms with Crippen molar-refractivity contribution in [2.45, 2.75) is 0 Å². The van der Waals surface area contributed by atoms with E-state index in [-0.39, 0.29) is 0 Å².